The van der Waals surface area contributed by atoms with E-state index in [0.717, 1.165) is 24.8 Å². The van der Waals surface area contributed by atoms with Gasteiger partial charge in [-0.2, -0.15) is 5.10 Å². The Balaban J connectivity index is 1.55. The third-order valence-electron chi connectivity index (χ3n) is 5.78. The number of amides is 1. The second-order valence-electron chi connectivity index (χ2n) is 9.23. The molecule has 0 aliphatic carbocycles. The molecule has 1 aromatic heterocycles. The molecule has 0 bridgehead atoms. The Morgan fingerprint density at radius 2 is 2.10 bits per heavy atom. The van der Waals surface area contributed by atoms with Crippen LogP contribution in [0.2, 0.25) is 0 Å². The van der Waals surface area contributed by atoms with Crippen molar-refractivity contribution in [3.8, 4) is 0 Å². The Morgan fingerprint density at radius 1 is 1.30 bits per heavy atom. The summed E-state index contributed by atoms with van der Waals surface area (Å²) in [6.07, 6.45) is 3.62. The number of carbonyl (C=O) groups is 1. The van der Waals surface area contributed by atoms with Crippen molar-refractivity contribution in [2.75, 3.05) is 19.7 Å². The van der Waals surface area contributed by atoms with Crippen molar-refractivity contribution in [2.24, 2.45) is 0 Å². The first-order chi connectivity index (χ1) is 14.2. The van der Waals surface area contributed by atoms with E-state index >= 15 is 0 Å². The number of aliphatic hydroxyl groups is 1. The summed E-state index contributed by atoms with van der Waals surface area (Å²) in [6, 6.07) is 3.26. The fraction of sp³-hybridized carbons (Fsp3) is 0.636. The molecule has 7 nitrogen and oxygen atoms in total. The van der Waals surface area contributed by atoms with Crippen LogP contribution >= 0.6 is 0 Å². The molecule has 2 aliphatic rings. The summed E-state index contributed by atoms with van der Waals surface area (Å²) in [5.41, 5.74) is 0.659. The fourth-order valence-corrected chi connectivity index (χ4v) is 4.30. The molecule has 1 amide bonds. The van der Waals surface area contributed by atoms with Crippen molar-refractivity contribution < 1.29 is 23.8 Å². The van der Waals surface area contributed by atoms with Crippen molar-refractivity contribution in [1.82, 2.24) is 14.7 Å². The van der Waals surface area contributed by atoms with Gasteiger partial charge in [0.2, 0.25) is 0 Å². The van der Waals surface area contributed by atoms with E-state index in [4.69, 9.17) is 9.47 Å². The lowest BCUT2D eigenvalue weighted by atomic mass is 9.86. The van der Waals surface area contributed by atoms with E-state index in [0.29, 0.717) is 30.5 Å². The Hall–Kier alpha value is -2.19. The third kappa shape index (κ3) is 4.30. The van der Waals surface area contributed by atoms with Crippen molar-refractivity contribution >= 4 is 17.0 Å². The van der Waals surface area contributed by atoms with Gasteiger partial charge in [-0.1, -0.05) is 0 Å². The number of piperidine rings is 1. The van der Waals surface area contributed by atoms with Gasteiger partial charge in [0.1, 0.15) is 11.4 Å². The van der Waals surface area contributed by atoms with Crippen LogP contribution in [-0.4, -0.2) is 57.3 Å². The van der Waals surface area contributed by atoms with Crippen molar-refractivity contribution in [2.45, 2.75) is 70.3 Å². The van der Waals surface area contributed by atoms with Gasteiger partial charge in [0, 0.05) is 24.5 Å². The van der Waals surface area contributed by atoms with E-state index < -0.39 is 23.7 Å². The van der Waals surface area contributed by atoms with E-state index in [1.54, 1.807) is 33.0 Å². The lowest BCUT2D eigenvalue weighted by molar-refractivity contribution is -0.0367. The van der Waals surface area contributed by atoms with Crippen LogP contribution in [0, 0.1) is 5.82 Å². The van der Waals surface area contributed by atoms with Crippen LogP contribution in [0.3, 0.4) is 0 Å². The zero-order valence-corrected chi connectivity index (χ0v) is 17.8. The summed E-state index contributed by atoms with van der Waals surface area (Å²) in [6.45, 7) is 6.62. The Bertz CT molecular complexity index is 917. The first-order valence-corrected chi connectivity index (χ1v) is 10.7. The van der Waals surface area contributed by atoms with Gasteiger partial charge in [-0.25, -0.2) is 13.9 Å². The molecule has 1 unspecified atom stereocenters. The van der Waals surface area contributed by atoms with Gasteiger partial charge >= 0.3 is 6.09 Å². The SMILES string of the molecule is CC(C)(C)OC(=O)N1CC[C@@H](c2cc3c(cnn3C3CCCCO3)cc2F)[C@H](O)C1. The topological polar surface area (TPSA) is 76.8 Å². The maximum Gasteiger partial charge on any atom is 0.410 e. The van der Waals surface area contributed by atoms with E-state index in [-0.39, 0.29) is 18.6 Å². The Kier molecular flexibility index (Phi) is 5.72. The number of aliphatic hydroxyl groups excluding tert-OH is 1. The lowest BCUT2D eigenvalue weighted by Gasteiger charge is -2.37. The average Bonchev–Trinajstić information content (AvgIpc) is 3.09. The number of fused-ring (bicyclic) bond motifs is 1. The van der Waals surface area contributed by atoms with E-state index in [1.807, 2.05) is 4.68 Å². The molecular formula is C22H30FN3O4. The minimum atomic E-state index is -0.875. The zero-order chi connectivity index (χ0) is 21.5. The van der Waals surface area contributed by atoms with Gasteiger partial charge < -0.3 is 19.5 Å². The molecule has 2 saturated heterocycles. The summed E-state index contributed by atoms with van der Waals surface area (Å²) < 4.78 is 28.0. The van der Waals surface area contributed by atoms with Crippen molar-refractivity contribution in [1.29, 1.82) is 0 Å². The molecule has 30 heavy (non-hydrogen) atoms. The molecule has 1 aromatic carbocycles. The number of rotatable bonds is 2. The smallest absolute Gasteiger partial charge is 0.410 e. The molecule has 2 fully saturated rings. The van der Waals surface area contributed by atoms with Crippen molar-refractivity contribution in [3.05, 3.63) is 29.7 Å². The van der Waals surface area contributed by atoms with Crippen LogP contribution in [-0.2, 0) is 9.47 Å². The quantitative estimate of drug-likeness (QED) is 0.797. The van der Waals surface area contributed by atoms with Crippen LogP contribution in [0.5, 0.6) is 0 Å². The van der Waals surface area contributed by atoms with Crippen LogP contribution in [0.25, 0.3) is 10.9 Å². The van der Waals surface area contributed by atoms with E-state index in [9.17, 15) is 14.3 Å². The van der Waals surface area contributed by atoms with Crippen LogP contribution in [0.4, 0.5) is 9.18 Å². The second kappa shape index (κ2) is 8.15. The molecule has 0 spiro atoms. The van der Waals surface area contributed by atoms with Gasteiger partial charge in [-0.3, -0.25) is 0 Å². The number of likely N-dealkylation sites (tertiary alicyclic amines) is 1. The number of aromatic nitrogens is 2. The molecular weight excluding hydrogens is 389 g/mol. The fourth-order valence-electron chi connectivity index (χ4n) is 4.30. The number of nitrogens with zero attached hydrogens (tertiary/aromatic N) is 3. The standard InChI is InChI=1S/C22H30FN3O4/c1-22(2,3)30-21(28)25-8-7-15(19(27)13-25)16-11-18-14(10-17(16)23)12-24-26(18)20-6-4-5-9-29-20/h10-12,15,19-20,27H,4-9,13H2,1-3H3/t15-,19+,20?/m0/s1. The molecule has 3 heterocycles. The lowest BCUT2D eigenvalue weighted by Crippen LogP contribution is -2.47. The molecule has 1 N–H and O–H groups in total. The van der Waals surface area contributed by atoms with Gasteiger partial charge in [0.05, 0.1) is 24.4 Å². The Labute approximate surface area is 175 Å². The highest BCUT2D eigenvalue weighted by molar-refractivity contribution is 5.80. The first-order valence-electron chi connectivity index (χ1n) is 10.7. The zero-order valence-electron chi connectivity index (χ0n) is 17.8. The maximum absolute atomic E-state index is 14.9. The molecule has 4 rings (SSSR count). The number of β-amino-alcohol motifs (C(OH)–C–C–N with tert-alkyl or cyclic N) is 1. The monoisotopic (exact) mass is 419 g/mol. The molecule has 2 aromatic rings. The molecule has 0 saturated carbocycles. The number of benzene rings is 1. The molecule has 3 atom stereocenters. The number of hydrogen-bond donors (Lipinski definition) is 1. The normalized spacial score (nSPS) is 25.5. The summed E-state index contributed by atoms with van der Waals surface area (Å²) in [4.78, 5) is 13.8. The number of ether oxygens (including phenoxy) is 2. The summed E-state index contributed by atoms with van der Waals surface area (Å²) in [5, 5.41) is 15.9. The average molecular weight is 419 g/mol. The summed E-state index contributed by atoms with van der Waals surface area (Å²) >= 11 is 0. The van der Waals surface area contributed by atoms with Gasteiger partial charge in [0.15, 0.2) is 6.23 Å². The van der Waals surface area contributed by atoms with Crippen molar-refractivity contribution in [3.63, 3.8) is 0 Å². The minimum Gasteiger partial charge on any atom is -0.444 e. The number of halogens is 1. The first kappa shape index (κ1) is 21.1. The van der Waals surface area contributed by atoms with Gasteiger partial charge in [-0.05, 0) is 64.2 Å². The third-order valence-corrected chi connectivity index (χ3v) is 5.78. The number of hydrogen-bond acceptors (Lipinski definition) is 5. The Morgan fingerprint density at radius 3 is 2.77 bits per heavy atom. The van der Waals surface area contributed by atoms with E-state index in [2.05, 4.69) is 5.10 Å². The number of carbonyl (C=O) groups excluding carboxylic acids is 1. The van der Waals surface area contributed by atoms with Gasteiger partial charge in [0.25, 0.3) is 0 Å². The largest absolute Gasteiger partial charge is 0.444 e. The highest BCUT2D eigenvalue weighted by Gasteiger charge is 2.35. The highest BCUT2D eigenvalue weighted by atomic mass is 19.1. The summed E-state index contributed by atoms with van der Waals surface area (Å²) in [7, 11) is 0. The van der Waals surface area contributed by atoms with Crippen LogP contribution < -0.4 is 0 Å². The molecule has 0 radical (unpaired) electrons. The van der Waals surface area contributed by atoms with Crippen LogP contribution in [0.15, 0.2) is 18.3 Å². The van der Waals surface area contributed by atoms with E-state index in [1.165, 1.54) is 11.0 Å². The molecule has 2 aliphatic heterocycles. The highest BCUT2D eigenvalue weighted by Crippen LogP contribution is 2.34. The second-order valence-corrected chi connectivity index (χ2v) is 9.23. The van der Waals surface area contributed by atoms with Crippen LogP contribution in [0.1, 0.15) is 64.2 Å². The predicted molar refractivity (Wildman–Crippen MR) is 110 cm³/mol. The molecule has 8 heteroatoms. The minimum absolute atomic E-state index is 0.113. The van der Waals surface area contributed by atoms with Gasteiger partial charge in [-0.15, -0.1) is 0 Å². The molecule has 164 valence electrons. The summed E-state index contributed by atoms with van der Waals surface area (Å²) in [5.74, 6) is -0.759. The predicted octanol–water partition coefficient (Wildman–Crippen LogP) is 3.96. The maximum atomic E-state index is 14.9.